The first-order chi connectivity index (χ1) is 10.1. The fourth-order valence-corrected chi connectivity index (χ4v) is 2.63. The van der Waals surface area contributed by atoms with Crippen LogP contribution in [0.2, 0.25) is 0 Å². The van der Waals surface area contributed by atoms with Gasteiger partial charge in [-0.25, -0.2) is 4.98 Å². The van der Waals surface area contributed by atoms with Crippen LogP contribution in [0.15, 0.2) is 29.6 Å². The van der Waals surface area contributed by atoms with Gasteiger partial charge in [-0.1, -0.05) is 13.8 Å². The van der Waals surface area contributed by atoms with E-state index in [-0.39, 0.29) is 5.91 Å². The average molecular weight is 304 g/mol. The zero-order chi connectivity index (χ0) is 15.2. The third-order valence-corrected chi connectivity index (χ3v) is 3.56. The molecule has 0 aliphatic heterocycles. The highest BCUT2D eigenvalue weighted by molar-refractivity contribution is 7.14. The van der Waals surface area contributed by atoms with E-state index in [1.807, 2.05) is 50.4 Å². The Kier molecular flexibility index (Phi) is 5.33. The van der Waals surface area contributed by atoms with Gasteiger partial charge in [0.1, 0.15) is 5.75 Å². The van der Waals surface area contributed by atoms with Crippen molar-refractivity contribution in [1.82, 2.24) is 4.98 Å². The monoisotopic (exact) mass is 304 g/mol. The van der Waals surface area contributed by atoms with Crippen LogP contribution < -0.4 is 10.1 Å². The molecule has 0 spiro atoms. The molecular weight excluding hydrogens is 284 g/mol. The predicted molar refractivity (Wildman–Crippen MR) is 86.8 cm³/mol. The van der Waals surface area contributed by atoms with Gasteiger partial charge in [-0.3, -0.25) is 4.79 Å². The van der Waals surface area contributed by atoms with Crippen molar-refractivity contribution < 1.29 is 9.53 Å². The van der Waals surface area contributed by atoms with Crippen LogP contribution in [0.1, 0.15) is 27.2 Å². The third kappa shape index (κ3) is 4.56. The summed E-state index contributed by atoms with van der Waals surface area (Å²) in [5.74, 6) is 1.20. The third-order valence-electron chi connectivity index (χ3n) is 2.81. The number of rotatable bonds is 6. The number of nitrogens with zero attached hydrogens (tertiary/aromatic N) is 1. The minimum atomic E-state index is 0.0117. The number of nitrogens with one attached hydrogen (secondary N) is 1. The van der Waals surface area contributed by atoms with Crippen LogP contribution in [-0.2, 0) is 4.79 Å². The fraction of sp³-hybridized carbons (Fsp3) is 0.375. The van der Waals surface area contributed by atoms with E-state index in [2.05, 4.69) is 10.3 Å². The van der Waals surface area contributed by atoms with Gasteiger partial charge in [0.05, 0.1) is 12.3 Å². The van der Waals surface area contributed by atoms with Crippen LogP contribution >= 0.6 is 11.3 Å². The molecule has 2 rings (SSSR count). The van der Waals surface area contributed by atoms with Crippen LogP contribution in [-0.4, -0.2) is 17.5 Å². The molecule has 0 aliphatic rings. The summed E-state index contributed by atoms with van der Waals surface area (Å²) in [4.78, 5) is 16.2. The van der Waals surface area contributed by atoms with Gasteiger partial charge in [0, 0.05) is 17.4 Å². The van der Waals surface area contributed by atoms with Crippen molar-refractivity contribution >= 4 is 22.4 Å². The molecule has 21 heavy (non-hydrogen) atoms. The summed E-state index contributed by atoms with van der Waals surface area (Å²) in [5, 5.41) is 5.43. The van der Waals surface area contributed by atoms with Gasteiger partial charge in [-0.05, 0) is 37.1 Å². The highest BCUT2D eigenvalue weighted by atomic mass is 32.1. The van der Waals surface area contributed by atoms with E-state index in [1.54, 1.807) is 0 Å². The topological polar surface area (TPSA) is 51.2 Å². The van der Waals surface area contributed by atoms with Gasteiger partial charge in [0.25, 0.3) is 0 Å². The number of carbonyl (C=O) groups excluding carboxylic acids is 1. The minimum absolute atomic E-state index is 0.0117. The second kappa shape index (κ2) is 7.22. The number of hydrogen-bond donors (Lipinski definition) is 1. The van der Waals surface area contributed by atoms with Crippen molar-refractivity contribution in [2.24, 2.45) is 5.92 Å². The van der Waals surface area contributed by atoms with Crippen molar-refractivity contribution in [2.75, 3.05) is 11.9 Å². The van der Waals surface area contributed by atoms with Gasteiger partial charge in [0.2, 0.25) is 5.91 Å². The number of benzene rings is 1. The van der Waals surface area contributed by atoms with Crippen LogP contribution in [0.4, 0.5) is 5.13 Å². The molecule has 5 heteroatoms. The molecule has 0 bridgehead atoms. The molecule has 4 nitrogen and oxygen atoms in total. The van der Waals surface area contributed by atoms with Crippen LogP contribution in [0.5, 0.6) is 5.75 Å². The Morgan fingerprint density at radius 1 is 1.33 bits per heavy atom. The number of amides is 1. The summed E-state index contributed by atoms with van der Waals surface area (Å²) in [7, 11) is 0. The van der Waals surface area contributed by atoms with Gasteiger partial charge < -0.3 is 10.1 Å². The number of ether oxygens (including phenoxy) is 1. The van der Waals surface area contributed by atoms with Crippen LogP contribution in [0.3, 0.4) is 0 Å². The summed E-state index contributed by atoms with van der Waals surface area (Å²) < 4.78 is 5.42. The molecule has 0 radical (unpaired) electrons. The zero-order valence-corrected chi connectivity index (χ0v) is 13.4. The number of anilines is 1. The van der Waals surface area contributed by atoms with Gasteiger partial charge >= 0.3 is 0 Å². The molecule has 112 valence electrons. The molecule has 1 aromatic heterocycles. The number of carbonyl (C=O) groups is 1. The maximum absolute atomic E-state index is 11.7. The lowest BCUT2D eigenvalue weighted by molar-refractivity contribution is -0.116. The number of thiazole rings is 1. The fourth-order valence-electron chi connectivity index (χ4n) is 1.89. The maximum atomic E-state index is 11.7. The van der Waals surface area contributed by atoms with Crippen molar-refractivity contribution in [3.63, 3.8) is 0 Å². The Bertz CT molecular complexity index is 591. The number of aromatic nitrogens is 1. The highest BCUT2D eigenvalue weighted by Crippen LogP contribution is 2.26. The Hall–Kier alpha value is -1.88. The van der Waals surface area contributed by atoms with Gasteiger partial charge in [0.15, 0.2) is 5.13 Å². The van der Waals surface area contributed by atoms with Crippen molar-refractivity contribution in [1.29, 1.82) is 0 Å². The molecule has 0 aliphatic carbocycles. The molecule has 1 aromatic carbocycles. The lowest BCUT2D eigenvalue weighted by Crippen LogP contribution is -2.13. The van der Waals surface area contributed by atoms with Gasteiger partial charge in [-0.15, -0.1) is 11.3 Å². The first-order valence-corrected chi connectivity index (χ1v) is 7.95. The SMILES string of the molecule is CCOc1ccc(-c2csc(NC(=O)CC(C)C)n2)cc1. The maximum Gasteiger partial charge on any atom is 0.226 e. The van der Waals surface area contributed by atoms with E-state index in [1.165, 1.54) is 11.3 Å². The Morgan fingerprint density at radius 2 is 2.05 bits per heavy atom. The van der Waals surface area contributed by atoms with E-state index in [9.17, 15) is 4.79 Å². The average Bonchev–Trinajstić information content (AvgIpc) is 2.87. The lowest BCUT2D eigenvalue weighted by atomic mass is 10.1. The molecule has 1 amide bonds. The second-order valence-corrected chi connectivity index (χ2v) is 6.00. The highest BCUT2D eigenvalue weighted by Gasteiger charge is 2.09. The lowest BCUT2D eigenvalue weighted by Gasteiger charge is -2.04. The van der Waals surface area contributed by atoms with Crippen molar-refractivity contribution in [3.05, 3.63) is 29.6 Å². The molecule has 0 saturated carbocycles. The largest absolute Gasteiger partial charge is 0.494 e. The first kappa shape index (κ1) is 15.5. The van der Waals surface area contributed by atoms with Crippen LogP contribution in [0, 0.1) is 5.92 Å². The van der Waals surface area contributed by atoms with E-state index < -0.39 is 0 Å². The minimum Gasteiger partial charge on any atom is -0.494 e. The van der Waals surface area contributed by atoms with Crippen molar-refractivity contribution in [3.8, 4) is 17.0 Å². The second-order valence-electron chi connectivity index (χ2n) is 5.14. The standard InChI is InChI=1S/C16H20N2O2S/c1-4-20-13-7-5-12(6-8-13)14-10-21-16(17-14)18-15(19)9-11(2)3/h5-8,10-11H,4,9H2,1-3H3,(H,17,18,19). The molecule has 1 heterocycles. The van der Waals surface area contributed by atoms with Crippen molar-refractivity contribution in [2.45, 2.75) is 27.2 Å². The van der Waals surface area contributed by atoms with E-state index in [4.69, 9.17) is 4.74 Å². The molecule has 0 saturated heterocycles. The molecule has 0 unspecified atom stereocenters. The summed E-state index contributed by atoms with van der Waals surface area (Å²) in [5.41, 5.74) is 1.88. The van der Waals surface area contributed by atoms with E-state index >= 15 is 0 Å². The summed E-state index contributed by atoms with van der Waals surface area (Å²) in [6.07, 6.45) is 0.512. The summed E-state index contributed by atoms with van der Waals surface area (Å²) in [6.45, 7) is 6.65. The Morgan fingerprint density at radius 3 is 2.67 bits per heavy atom. The predicted octanol–water partition coefficient (Wildman–Crippen LogP) is 4.19. The first-order valence-electron chi connectivity index (χ1n) is 7.07. The van der Waals surface area contributed by atoms with Crippen LogP contribution in [0.25, 0.3) is 11.3 Å². The smallest absolute Gasteiger partial charge is 0.226 e. The van der Waals surface area contributed by atoms with Gasteiger partial charge in [-0.2, -0.15) is 0 Å². The molecule has 0 fully saturated rings. The zero-order valence-electron chi connectivity index (χ0n) is 12.6. The molecule has 1 N–H and O–H groups in total. The molecule has 2 aromatic rings. The number of hydrogen-bond acceptors (Lipinski definition) is 4. The van der Waals surface area contributed by atoms with E-state index in [0.717, 1.165) is 17.0 Å². The summed E-state index contributed by atoms with van der Waals surface area (Å²) >= 11 is 1.44. The Labute approximate surface area is 129 Å². The summed E-state index contributed by atoms with van der Waals surface area (Å²) in [6, 6.07) is 7.80. The normalized spacial score (nSPS) is 10.7. The molecular formula is C16H20N2O2S. The Balaban J connectivity index is 2.03. The quantitative estimate of drug-likeness (QED) is 0.870. The van der Waals surface area contributed by atoms with E-state index in [0.29, 0.717) is 24.1 Å². The molecule has 0 atom stereocenters.